The van der Waals surface area contributed by atoms with E-state index in [-0.39, 0.29) is 22.9 Å². The van der Waals surface area contributed by atoms with Gasteiger partial charge in [-0.15, -0.1) is 0 Å². The summed E-state index contributed by atoms with van der Waals surface area (Å²) in [5, 5.41) is 0. The minimum atomic E-state index is -0.225. The summed E-state index contributed by atoms with van der Waals surface area (Å²) in [5.41, 5.74) is -0.0871. The van der Waals surface area contributed by atoms with E-state index in [2.05, 4.69) is 13.8 Å². The first kappa shape index (κ1) is 9.56. The molecule has 0 saturated heterocycles. The standard InChI is InChI=1S/C10H18O2/c1-7(2)12-8(11)10(5)6-9(10,3)4/h7H,6H2,1-5H3. The van der Waals surface area contributed by atoms with Crippen molar-refractivity contribution in [2.45, 2.75) is 47.1 Å². The highest BCUT2D eigenvalue weighted by Gasteiger charge is 2.63. The Morgan fingerprint density at radius 2 is 1.75 bits per heavy atom. The van der Waals surface area contributed by atoms with Crippen molar-refractivity contribution >= 4 is 5.97 Å². The molecule has 0 aromatic heterocycles. The minimum Gasteiger partial charge on any atom is -0.463 e. The third kappa shape index (κ3) is 1.35. The molecular formula is C10H18O2. The molecule has 1 fully saturated rings. The lowest BCUT2D eigenvalue weighted by Crippen LogP contribution is -2.23. The highest BCUT2D eigenvalue weighted by molar-refractivity contribution is 5.81. The van der Waals surface area contributed by atoms with Crippen molar-refractivity contribution in [3.63, 3.8) is 0 Å². The van der Waals surface area contributed by atoms with Gasteiger partial charge in [0.25, 0.3) is 0 Å². The zero-order chi connectivity index (χ0) is 9.57. The fourth-order valence-corrected chi connectivity index (χ4v) is 1.53. The van der Waals surface area contributed by atoms with Crippen molar-refractivity contribution in [1.82, 2.24) is 0 Å². The largest absolute Gasteiger partial charge is 0.463 e. The van der Waals surface area contributed by atoms with Crippen LogP contribution >= 0.6 is 0 Å². The summed E-state index contributed by atoms with van der Waals surface area (Å²) in [5.74, 6) is -0.0394. The molecule has 0 aromatic carbocycles. The lowest BCUT2D eigenvalue weighted by Gasteiger charge is -2.15. The summed E-state index contributed by atoms with van der Waals surface area (Å²) >= 11 is 0. The quantitative estimate of drug-likeness (QED) is 0.595. The van der Waals surface area contributed by atoms with Crippen molar-refractivity contribution in [2.24, 2.45) is 10.8 Å². The molecule has 70 valence electrons. The number of hydrogen-bond acceptors (Lipinski definition) is 2. The molecule has 2 nitrogen and oxygen atoms in total. The van der Waals surface area contributed by atoms with E-state index in [1.807, 2.05) is 20.8 Å². The van der Waals surface area contributed by atoms with E-state index in [4.69, 9.17) is 4.74 Å². The van der Waals surface area contributed by atoms with Crippen molar-refractivity contribution < 1.29 is 9.53 Å². The highest BCUT2D eigenvalue weighted by atomic mass is 16.5. The van der Waals surface area contributed by atoms with Crippen LogP contribution in [0.4, 0.5) is 0 Å². The summed E-state index contributed by atoms with van der Waals surface area (Å²) in [6.45, 7) is 9.97. The van der Waals surface area contributed by atoms with Crippen LogP contribution in [0.2, 0.25) is 0 Å². The molecule has 0 aromatic rings. The Labute approximate surface area is 74.3 Å². The molecule has 1 aliphatic carbocycles. The Morgan fingerprint density at radius 3 is 2.00 bits per heavy atom. The second kappa shape index (κ2) is 2.48. The van der Waals surface area contributed by atoms with Gasteiger partial charge in [0, 0.05) is 0 Å². The highest BCUT2D eigenvalue weighted by Crippen LogP contribution is 2.63. The lowest BCUT2D eigenvalue weighted by molar-refractivity contribution is -0.154. The Bertz CT molecular complexity index is 206. The van der Waals surface area contributed by atoms with Gasteiger partial charge in [-0.2, -0.15) is 0 Å². The van der Waals surface area contributed by atoms with Gasteiger partial charge < -0.3 is 4.74 Å². The van der Waals surface area contributed by atoms with E-state index < -0.39 is 0 Å². The van der Waals surface area contributed by atoms with Crippen LogP contribution in [0.25, 0.3) is 0 Å². The first-order valence-electron chi connectivity index (χ1n) is 4.51. The molecule has 0 N–H and O–H groups in total. The average molecular weight is 170 g/mol. The Balaban J connectivity index is 2.56. The van der Waals surface area contributed by atoms with Crippen LogP contribution in [0, 0.1) is 10.8 Å². The number of ether oxygens (including phenoxy) is 1. The molecule has 12 heavy (non-hydrogen) atoms. The predicted molar refractivity (Wildman–Crippen MR) is 47.7 cm³/mol. The topological polar surface area (TPSA) is 26.3 Å². The molecule has 1 saturated carbocycles. The zero-order valence-electron chi connectivity index (χ0n) is 8.60. The summed E-state index contributed by atoms with van der Waals surface area (Å²) in [6.07, 6.45) is 0.955. The maximum atomic E-state index is 11.5. The lowest BCUT2D eigenvalue weighted by atomic mass is 9.98. The number of esters is 1. The van der Waals surface area contributed by atoms with Gasteiger partial charge in [0.1, 0.15) is 0 Å². The van der Waals surface area contributed by atoms with Gasteiger partial charge >= 0.3 is 5.97 Å². The van der Waals surface area contributed by atoms with E-state index >= 15 is 0 Å². The van der Waals surface area contributed by atoms with Gasteiger partial charge in [0.15, 0.2) is 0 Å². The maximum absolute atomic E-state index is 11.5. The summed E-state index contributed by atoms with van der Waals surface area (Å²) in [7, 11) is 0. The third-order valence-electron chi connectivity index (χ3n) is 2.96. The van der Waals surface area contributed by atoms with E-state index in [0.717, 1.165) is 6.42 Å². The van der Waals surface area contributed by atoms with E-state index in [0.29, 0.717) is 0 Å². The van der Waals surface area contributed by atoms with E-state index in [9.17, 15) is 4.79 Å². The van der Waals surface area contributed by atoms with E-state index in [1.165, 1.54) is 0 Å². The van der Waals surface area contributed by atoms with Gasteiger partial charge in [-0.25, -0.2) is 0 Å². The predicted octanol–water partition coefficient (Wildman–Crippen LogP) is 2.37. The van der Waals surface area contributed by atoms with Gasteiger partial charge in [-0.05, 0) is 32.6 Å². The van der Waals surface area contributed by atoms with Crippen LogP contribution in [-0.4, -0.2) is 12.1 Å². The molecule has 1 atom stereocenters. The first-order chi connectivity index (χ1) is 5.29. The smallest absolute Gasteiger partial charge is 0.312 e. The van der Waals surface area contributed by atoms with Crippen LogP contribution in [0.3, 0.4) is 0 Å². The summed E-state index contributed by atoms with van der Waals surface area (Å²) < 4.78 is 5.17. The SMILES string of the molecule is CC(C)OC(=O)C1(C)CC1(C)C. The number of carbonyl (C=O) groups excluding carboxylic acids is 1. The Morgan fingerprint density at radius 1 is 1.33 bits per heavy atom. The second-order valence-corrected chi connectivity index (χ2v) is 4.85. The Hall–Kier alpha value is -0.530. The maximum Gasteiger partial charge on any atom is 0.312 e. The molecule has 1 rings (SSSR count). The van der Waals surface area contributed by atoms with Crippen molar-refractivity contribution in [1.29, 1.82) is 0 Å². The molecule has 0 spiro atoms. The fraction of sp³-hybridized carbons (Fsp3) is 0.900. The van der Waals surface area contributed by atoms with Crippen LogP contribution in [0.15, 0.2) is 0 Å². The number of rotatable bonds is 2. The second-order valence-electron chi connectivity index (χ2n) is 4.85. The fourth-order valence-electron chi connectivity index (χ4n) is 1.53. The molecular weight excluding hydrogens is 152 g/mol. The van der Waals surface area contributed by atoms with Crippen LogP contribution in [0.1, 0.15) is 41.0 Å². The van der Waals surface area contributed by atoms with Gasteiger partial charge in [0.05, 0.1) is 11.5 Å². The Kier molecular flexibility index (Phi) is 1.97. The third-order valence-corrected chi connectivity index (χ3v) is 2.96. The normalized spacial score (nSPS) is 31.8. The molecule has 0 aliphatic heterocycles. The molecule has 0 bridgehead atoms. The first-order valence-corrected chi connectivity index (χ1v) is 4.51. The molecule has 0 amide bonds. The van der Waals surface area contributed by atoms with Crippen LogP contribution < -0.4 is 0 Å². The van der Waals surface area contributed by atoms with Gasteiger partial charge in [0.2, 0.25) is 0 Å². The van der Waals surface area contributed by atoms with Crippen molar-refractivity contribution in [3.05, 3.63) is 0 Å². The summed E-state index contributed by atoms with van der Waals surface area (Å²) in [6, 6.07) is 0. The summed E-state index contributed by atoms with van der Waals surface area (Å²) in [4.78, 5) is 11.5. The molecule has 1 unspecified atom stereocenters. The molecule has 0 heterocycles. The van der Waals surface area contributed by atoms with Crippen molar-refractivity contribution in [3.8, 4) is 0 Å². The van der Waals surface area contributed by atoms with Crippen LogP contribution in [0.5, 0.6) is 0 Å². The van der Waals surface area contributed by atoms with Crippen LogP contribution in [-0.2, 0) is 9.53 Å². The molecule has 0 radical (unpaired) electrons. The van der Waals surface area contributed by atoms with Gasteiger partial charge in [-0.1, -0.05) is 13.8 Å². The zero-order valence-corrected chi connectivity index (χ0v) is 8.60. The average Bonchev–Trinajstić information content (AvgIpc) is 2.32. The van der Waals surface area contributed by atoms with E-state index in [1.54, 1.807) is 0 Å². The molecule has 1 aliphatic rings. The number of hydrogen-bond donors (Lipinski definition) is 0. The van der Waals surface area contributed by atoms with Crippen molar-refractivity contribution in [2.75, 3.05) is 0 Å². The van der Waals surface area contributed by atoms with Gasteiger partial charge in [-0.3, -0.25) is 4.79 Å². The monoisotopic (exact) mass is 170 g/mol. The minimum absolute atomic E-state index is 0.00530. The number of carbonyl (C=O) groups is 1. The molecule has 2 heteroatoms.